The molecule has 2 atom stereocenters. The number of rotatable bonds is 6. The fourth-order valence-corrected chi connectivity index (χ4v) is 6.73. The van der Waals surface area contributed by atoms with Crippen molar-refractivity contribution in [3.8, 4) is 6.07 Å². The van der Waals surface area contributed by atoms with Gasteiger partial charge in [-0.15, -0.1) is 5.10 Å². The highest BCUT2D eigenvalue weighted by molar-refractivity contribution is 5.82. The van der Waals surface area contributed by atoms with Crippen molar-refractivity contribution >= 4 is 34.8 Å². The Morgan fingerprint density at radius 1 is 1.12 bits per heavy atom. The predicted molar refractivity (Wildman–Crippen MR) is 150 cm³/mol. The smallest absolute Gasteiger partial charge is 0.247 e. The molecule has 1 N–H and O–H groups in total. The standard InChI is InChI=1S/C28H35N11O2/c1-34-7-9-35(10-8-34)25(40)18-37-15-21(14-30-37)31-28-32-26-24(3-2-6-38(26)33-28)36-16-22-4-5-23(17-36)39(22)27(41)20-11-19(12-20)13-29/h2-3,6,14-15,19-20,22-23H,4-5,7-12,16-18H2,1H3,(H,31,33). The van der Waals surface area contributed by atoms with Crippen LogP contribution in [0.25, 0.3) is 5.65 Å². The first-order chi connectivity index (χ1) is 19.9. The number of nitrogens with one attached hydrogen (secondary N) is 1. The summed E-state index contributed by atoms with van der Waals surface area (Å²) >= 11 is 0. The van der Waals surface area contributed by atoms with Crippen LogP contribution in [-0.4, -0.2) is 109 Å². The number of piperazine rings is 2. The number of likely N-dealkylation sites (N-methyl/N-ethyl adjacent to an activating group) is 1. The molecular weight excluding hydrogens is 522 g/mol. The van der Waals surface area contributed by atoms with Crippen molar-refractivity contribution < 1.29 is 9.59 Å². The number of nitrogens with zero attached hydrogens (tertiary/aromatic N) is 10. The molecule has 4 aliphatic rings. The first-order valence-corrected chi connectivity index (χ1v) is 14.5. The van der Waals surface area contributed by atoms with Gasteiger partial charge in [0.15, 0.2) is 5.65 Å². The van der Waals surface area contributed by atoms with E-state index in [-0.39, 0.29) is 42.3 Å². The van der Waals surface area contributed by atoms with E-state index in [9.17, 15) is 9.59 Å². The molecule has 4 fully saturated rings. The summed E-state index contributed by atoms with van der Waals surface area (Å²) in [5.74, 6) is 0.808. The number of amides is 2. The number of aromatic nitrogens is 5. The maximum Gasteiger partial charge on any atom is 0.247 e. The Morgan fingerprint density at radius 3 is 2.61 bits per heavy atom. The summed E-state index contributed by atoms with van der Waals surface area (Å²) < 4.78 is 3.42. The number of carbonyl (C=O) groups excluding carboxylic acids is 2. The Labute approximate surface area is 238 Å². The van der Waals surface area contributed by atoms with Gasteiger partial charge in [-0.1, -0.05) is 0 Å². The number of anilines is 3. The van der Waals surface area contributed by atoms with Crippen molar-refractivity contribution in [2.45, 2.75) is 44.3 Å². The topological polar surface area (TPSA) is 131 Å². The summed E-state index contributed by atoms with van der Waals surface area (Å²) in [7, 11) is 2.07. The molecule has 41 heavy (non-hydrogen) atoms. The first kappa shape index (κ1) is 25.8. The van der Waals surface area contributed by atoms with Crippen LogP contribution in [0.15, 0.2) is 30.7 Å². The van der Waals surface area contributed by atoms with E-state index in [0.717, 1.165) is 63.4 Å². The van der Waals surface area contributed by atoms with Gasteiger partial charge in [0.05, 0.1) is 23.6 Å². The van der Waals surface area contributed by atoms with Gasteiger partial charge < -0.3 is 24.9 Å². The molecule has 2 amide bonds. The van der Waals surface area contributed by atoms with Gasteiger partial charge in [-0.2, -0.15) is 15.3 Å². The zero-order valence-corrected chi connectivity index (χ0v) is 23.3. The quantitative estimate of drug-likeness (QED) is 0.475. The second kappa shape index (κ2) is 10.3. The normalized spacial score (nSPS) is 26.2. The van der Waals surface area contributed by atoms with Gasteiger partial charge in [0, 0.05) is 75.6 Å². The van der Waals surface area contributed by atoms with Gasteiger partial charge in [-0.25, -0.2) is 4.52 Å². The molecule has 6 heterocycles. The summed E-state index contributed by atoms with van der Waals surface area (Å²) in [6, 6.07) is 6.69. The average Bonchev–Trinajstić information content (AvgIpc) is 3.63. The number of pyridine rings is 1. The number of hydrogen-bond donors (Lipinski definition) is 1. The van der Waals surface area contributed by atoms with Crippen molar-refractivity contribution in [3.05, 3.63) is 30.7 Å². The third-order valence-corrected chi connectivity index (χ3v) is 9.13. The minimum Gasteiger partial charge on any atom is -0.364 e. The lowest BCUT2D eigenvalue weighted by Gasteiger charge is -2.45. The molecule has 3 aromatic heterocycles. The van der Waals surface area contributed by atoms with Crippen molar-refractivity contribution in [3.63, 3.8) is 0 Å². The summed E-state index contributed by atoms with van der Waals surface area (Å²) in [4.78, 5) is 39.3. The van der Waals surface area contributed by atoms with Gasteiger partial charge in [0.1, 0.15) is 6.54 Å². The molecule has 2 unspecified atom stereocenters. The highest BCUT2D eigenvalue weighted by Crippen LogP contribution is 2.40. The third kappa shape index (κ3) is 4.86. The van der Waals surface area contributed by atoms with Crippen LogP contribution < -0.4 is 10.2 Å². The summed E-state index contributed by atoms with van der Waals surface area (Å²) in [5.41, 5.74) is 2.47. The van der Waals surface area contributed by atoms with Gasteiger partial charge in [0.2, 0.25) is 17.8 Å². The lowest BCUT2D eigenvalue weighted by molar-refractivity contribution is -0.142. The van der Waals surface area contributed by atoms with Crippen LogP contribution >= 0.6 is 0 Å². The Balaban J connectivity index is 1.02. The van der Waals surface area contributed by atoms with Gasteiger partial charge >= 0.3 is 0 Å². The van der Waals surface area contributed by atoms with Gasteiger partial charge in [0.25, 0.3) is 0 Å². The van der Waals surface area contributed by atoms with Crippen LogP contribution in [0.3, 0.4) is 0 Å². The molecule has 3 saturated heterocycles. The maximum atomic E-state index is 13.2. The van der Waals surface area contributed by atoms with E-state index in [0.29, 0.717) is 24.5 Å². The van der Waals surface area contributed by atoms with Crippen LogP contribution in [0.4, 0.5) is 17.3 Å². The van der Waals surface area contributed by atoms with E-state index in [4.69, 9.17) is 10.2 Å². The summed E-state index contributed by atoms with van der Waals surface area (Å²) in [6.07, 6.45) is 8.78. The van der Waals surface area contributed by atoms with Crippen LogP contribution in [0.2, 0.25) is 0 Å². The molecule has 13 heteroatoms. The lowest BCUT2D eigenvalue weighted by atomic mass is 9.75. The van der Waals surface area contributed by atoms with E-state index in [1.54, 1.807) is 21.6 Å². The number of fused-ring (bicyclic) bond motifs is 3. The zero-order valence-electron chi connectivity index (χ0n) is 23.3. The van der Waals surface area contributed by atoms with Crippen LogP contribution in [0.1, 0.15) is 25.7 Å². The molecule has 3 aromatic rings. The highest BCUT2D eigenvalue weighted by Gasteiger charge is 2.47. The monoisotopic (exact) mass is 557 g/mol. The maximum absolute atomic E-state index is 13.2. The molecule has 3 aliphatic heterocycles. The van der Waals surface area contributed by atoms with Crippen LogP contribution in [0, 0.1) is 23.2 Å². The van der Waals surface area contributed by atoms with E-state index in [2.05, 4.69) is 49.4 Å². The number of nitriles is 1. The van der Waals surface area contributed by atoms with Crippen LogP contribution in [0.5, 0.6) is 0 Å². The molecule has 0 spiro atoms. The molecule has 7 rings (SSSR count). The third-order valence-electron chi connectivity index (χ3n) is 9.13. The van der Waals surface area contributed by atoms with Crippen LogP contribution in [-0.2, 0) is 16.1 Å². The average molecular weight is 558 g/mol. The molecule has 214 valence electrons. The summed E-state index contributed by atoms with van der Waals surface area (Å²) in [6.45, 7) is 4.98. The fraction of sp³-hybridized carbons (Fsp3) is 0.571. The van der Waals surface area contributed by atoms with E-state index in [1.165, 1.54) is 0 Å². The van der Waals surface area contributed by atoms with Crippen molar-refractivity contribution in [1.82, 2.24) is 39.1 Å². The number of carbonyl (C=O) groups is 2. The Morgan fingerprint density at radius 2 is 1.88 bits per heavy atom. The van der Waals surface area contributed by atoms with Gasteiger partial charge in [-0.3, -0.25) is 14.3 Å². The molecule has 13 nitrogen and oxygen atoms in total. The molecule has 0 aromatic carbocycles. The SMILES string of the molecule is CN1CCN(C(=O)Cn2cc(Nc3nc4c(N5CC6CCC(C5)N6C(=O)C5CC(C#N)C5)cccn4n3)cn2)CC1. The van der Waals surface area contributed by atoms with Crippen molar-refractivity contribution in [1.29, 1.82) is 5.26 Å². The van der Waals surface area contributed by atoms with Crippen molar-refractivity contribution in [2.75, 3.05) is 56.5 Å². The van der Waals surface area contributed by atoms with E-state index >= 15 is 0 Å². The van der Waals surface area contributed by atoms with Gasteiger partial charge in [-0.05, 0) is 44.9 Å². The Hall–Kier alpha value is -4.18. The largest absolute Gasteiger partial charge is 0.364 e. The van der Waals surface area contributed by atoms with E-state index in [1.807, 2.05) is 17.2 Å². The zero-order chi connectivity index (χ0) is 28.1. The molecule has 1 aliphatic carbocycles. The molecular formula is C28H35N11O2. The van der Waals surface area contributed by atoms with E-state index < -0.39 is 0 Å². The second-order valence-corrected chi connectivity index (χ2v) is 11.9. The molecule has 1 saturated carbocycles. The Kier molecular flexibility index (Phi) is 6.50. The second-order valence-electron chi connectivity index (χ2n) is 11.9. The minimum absolute atomic E-state index is 0.0112. The predicted octanol–water partition coefficient (Wildman–Crippen LogP) is 1.17. The van der Waals surface area contributed by atoms with Crippen molar-refractivity contribution in [2.24, 2.45) is 11.8 Å². The number of hydrogen-bond acceptors (Lipinski definition) is 9. The molecule has 0 radical (unpaired) electrons. The highest BCUT2D eigenvalue weighted by atomic mass is 16.2. The molecule has 2 bridgehead atoms. The lowest BCUT2D eigenvalue weighted by Crippen LogP contribution is -2.58. The fourth-order valence-electron chi connectivity index (χ4n) is 6.73. The Bertz CT molecular complexity index is 1480. The summed E-state index contributed by atoms with van der Waals surface area (Å²) in [5, 5.41) is 21.3. The minimum atomic E-state index is 0.0112. The first-order valence-electron chi connectivity index (χ1n) is 14.5.